The Kier molecular flexibility index (Phi) is 4.98. The molecular weight excluding hydrogens is 219 g/mol. The SMILES string of the molecule is B/C(C)=C(/C=C(\C)Br)C(=O)OC. The molecule has 0 unspecified atom stereocenters. The quantitative estimate of drug-likeness (QED) is 0.310. The smallest absolute Gasteiger partial charge is 0.336 e. The molecule has 0 aliphatic rings. The Morgan fingerprint density at radius 3 is 2.25 bits per heavy atom. The zero-order valence-corrected chi connectivity index (χ0v) is 9.36. The summed E-state index contributed by atoms with van der Waals surface area (Å²) in [7, 11) is 3.25. The molecule has 0 aromatic rings. The van der Waals surface area contributed by atoms with Gasteiger partial charge in [-0.1, -0.05) is 28.3 Å². The number of ether oxygens (including phenoxy) is 1. The molecule has 0 N–H and O–H groups in total. The molecule has 12 heavy (non-hydrogen) atoms. The normalized spacial score (nSPS) is 13.8. The molecule has 0 spiro atoms. The van der Waals surface area contributed by atoms with Crippen LogP contribution in [0, 0.1) is 0 Å². The van der Waals surface area contributed by atoms with E-state index in [0.717, 1.165) is 9.95 Å². The van der Waals surface area contributed by atoms with Crippen molar-refractivity contribution in [2.45, 2.75) is 13.8 Å². The number of esters is 1. The van der Waals surface area contributed by atoms with E-state index in [1.807, 2.05) is 21.7 Å². The molecule has 0 fully saturated rings. The number of hydrogen-bond donors (Lipinski definition) is 0. The van der Waals surface area contributed by atoms with Gasteiger partial charge in [0.15, 0.2) is 0 Å². The maximum Gasteiger partial charge on any atom is 0.336 e. The zero-order valence-electron chi connectivity index (χ0n) is 7.77. The molecule has 0 aliphatic carbocycles. The molecule has 2 nitrogen and oxygen atoms in total. The molecule has 0 aromatic heterocycles. The van der Waals surface area contributed by atoms with Crippen LogP contribution in [0.25, 0.3) is 0 Å². The number of allylic oxidation sites excluding steroid dienone is 2. The minimum atomic E-state index is -0.297. The van der Waals surface area contributed by atoms with E-state index in [9.17, 15) is 4.79 Å². The van der Waals surface area contributed by atoms with E-state index in [1.54, 1.807) is 6.08 Å². The van der Waals surface area contributed by atoms with Gasteiger partial charge < -0.3 is 4.74 Å². The summed E-state index contributed by atoms with van der Waals surface area (Å²) in [5.41, 5.74) is 1.55. The minimum Gasteiger partial charge on any atom is -0.465 e. The van der Waals surface area contributed by atoms with Gasteiger partial charge in [-0.05, 0) is 17.5 Å². The summed E-state index contributed by atoms with van der Waals surface area (Å²) in [5.74, 6) is -0.297. The highest BCUT2D eigenvalue weighted by molar-refractivity contribution is 9.11. The summed E-state index contributed by atoms with van der Waals surface area (Å²) in [6.45, 7) is 3.74. The number of rotatable bonds is 2. The van der Waals surface area contributed by atoms with Crippen LogP contribution in [0.1, 0.15) is 13.8 Å². The number of carbonyl (C=O) groups excluding carboxylic acids is 1. The standard InChI is InChI=1S/C8H12BBrO2/c1-5(10)4-7(6(2)9)8(11)12-3/h4H,9H2,1-3H3/b5-4+,7-6-. The van der Waals surface area contributed by atoms with Gasteiger partial charge in [0.1, 0.15) is 7.85 Å². The number of halogens is 1. The third-order valence-electron chi connectivity index (χ3n) is 1.29. The summed E-state index contributed by atoms with van der Waals surface area (Å²) in [6, 6.07) is 0. The molecule has 0 bridgehead atoms. The Bertz CT molecular complexity index is 235. The third-order valence-corrected chi connectivity index (χ3v) is 1.52. The first kappa shape index (κ1) is 11.5. The second-order valence-corrected chi connectivity index (χ2v) is 3.89. The fraction of sp³-hybridized carbons (Fsp3) is 0.375. The van der Waals surface area contributed by atoms with Gasteiger partial charge in [-0.15, -0.1) is 0 Å². The first-order valence-electron chi connectivity index (χ1n) is 3.58. The lowest BCUT2D eigenvalue weighted by Crippen LogP contribution is -2.05. The summed E-state index contributed by atoms with van der Waals surface area (Å²) in [4.78, 5) is 11.1. The van der Waals surface area contributed by atoms with Crippen LogP contribution in [0.15, 0.2) is 21.6 Å². The van der Waals surface area contributed by atoms with Crippen LogP contribution in [-0.2, 0) is 9.53 Å². The Labute approximate surface area is 82.2 Å². The van der Waals surface area contributed by atoms with Gasteiger partial charge in [0.05, 0.1) is 7.11 Å². The monoisotopic (exact) mass is 230 g/mol. The fourth-order valence-corrected chi connectivity index (χ4v) is 0.945. The summed E-state index contributed by atoms with van der Waals surface area (Å²) in [5, 5.41) is 0. The maximum absolute atomic E-state index is 11.1. The Hall–Kier alpha value is -0.505. The van der Waals surface area contributed by atoms with Crippen molar-refractivity contribution in [1.29, 1.82) is 0 Å². The van der Waals surface area contributed by atoms with Crippen molar-refractivity contribution in [3.8, 4) is 0 Å². The summed E-state index contributed by atoms with van der Waals surface area (Å²) >= 11 is 3.26. The van der Waals surface area contributed by atoms with E-state index in [-0.39, 0.29) is 5.97 Å². The molecule has 0 aromatic carbocycles. The van der Waals surface area contributed by atoms with Gasteiger partial charge in [-0.25, -0.2) is 4.79 Å². The predicted molar refractivity (Wildman–Crippen MR) is 55.9 cm³/mol. The molecule has 0 aliphatic heterocycles. The highest BCUT2D eigenvalue weighted by atomic mass is 79.9. The molecule has 0 atom stereocenters. The lowest BCUT2D eigenvalue weighted by atomic mass is 9.92. The average molecular weight is 231 g/mol. The molecule has 0 radical (unpaired) electrons. The molecule has 0 rings (SSSR count). The van der Waals surface area contributed by atoms with Crippen LogP contribution < -0.4 is 0 Å². The van der Waals surface area contributed by atoms with Crippen LogP contribution in [-0.4, -0.2) is 20.9 Å². The van der Waals surface area contributed by atoms with Gasteiger partial charge in [0.25, 0.3) is 0 Å². The van der Waals surface area contributed by atoms with E-state index in [0.29, 0.717) is 5.57 Å². The van der Waals surface area contributed by atoms with E-state index in [2.05, 4.69) is 20.7 Å². The van der Waals surface area contributed by atoms with Crippen molar-refractivity contribution in [2.75, 3.05) is 7.11 Å². The predicted octanol–water partition coefficient (Wildman–Crippen LogP) is 1.37. The molecule has 0 saturated heterocycles. The maximum atomic E-state index is 11.1. The van der Waals surface area contributed by atoms with E-state index < -0.39 is 0 Å². The molecule has 0 saturated carbocycles. The number of carbonyl (C=O) groups is 1. The van der Waals surface area contributed by atoms with Gasteiger partial charge in [-0.2, -0.15) is 0 Å². The van der Waals surface area contributed by atoms with Gasteiger partial charge in [-0.3, -0.25) is 0 Å². The molecule has 0 heterocycles. The second-order valence-electron chi connectivity index (χ2n) is 2.64. The van der Waals surface area contributed by atoms with Crippen molar-refractivity contribution in [3.05, 3.63) is 21.6 Å². The highest BCUT2D eigenvalue weighted by Crippen LogP contribution is 2.11. The zero-order chi connectivity index (χ0) is 9.72. The van der Waals surface area contributed by atoms with Crippen molar-refractivity contribution >= 4 is 29.7 Å². The number of methoxy groups -OCH3 is 1. The summed E-state index contributed by atoms with van der Waals surface area (Å²) in [6.07, 6.45) is 1.75. The van der Waals surface area contributed by atoms with Crippen LogP contribution in [0.5, 0.6) is 0 Å². The topological polar surface area (TPSA) is 26.3 Å². The number of hydrogen-bond acceptors (Lipinski definition) is 2. The third kappa shape index (κ3) is 3.76. The highest BCUT2D eigenvalue weighted by Gasteiger charge is 2.07. The van der Waals surface area contributed by atoms with Gasteiger partial charge >= 0.3 is 5.97 Å². The lowest BCUT2D eigenvalue weighted by molar-refractivity contribution is -0.135. The minimum absolute atomic E-state index is 0.297. The van der Waals surface area contributed by atoms with Crippen LogP contribution in [0.2, 0.25) is 0 Å². The first-order chi connectivity index (χ1) is 5.49. The Balaban J connectivity index is 4.84. The second kappa shape index (κ2) is 5.20. The molecule has 4 heteroatoms. The lowest BCUT2D eigenvalue weighted by Gasteiger charge is -2.02. The van der Waals surface area contributed by atoms with E-state index in [4.69, 9.17) is 0 Å². The molecular formula is C8H12BBrO2. The van der Waals surface area contributed by atoms with Crippen molar-refractivity contribution in [1.82, 2.24) is 0 Å². The van der Waals surface area contributed by atoms with Crippen LogP contribution in [0.4, 0.5) is 0 Å². The fourth-order valence-electron chi connectivity index (χ4n) is 0.716. The van der Waals surface area contributed by atoms with Crippen molar-refractivity contribution < 1.29 is 9.53 Å². The van der Waals surface area contributed by atoms with Crippen molar-refractivity contribution in [3.63, 3.8) is 0 Å². The van der Waals surface area contributed by atoms with Gasteiger partial charge in [0.2, 0.25) is 0 Å². The van der Waals surface area contributed by atoms with Gasteiger partial charge in [0, 0.05) is 5.57 Å². The summed E-state index contributed by atoms with van der Waals surface area (Å²) < 4.78 is 5.52. The Morgan fingerprint density at radius 2 is 2.00 bits per heavy atom. The van der Waals surface area contributed by atoms with Crippen LogP contribution in [0.3, 0.4) is 0 Å². The van der Waals surface area contributed by atoms with E-state index in [1.165, 1.54) is 7.11 Å². The largest absolute Gasteiger partial charge is 0.465 e. The Morgan fingerprint density at radius 1 is 1.50 bits per heavy atom. The molecule has 66 valence electrons. The molecule has 0 amide bonds. The van der Waals surface area contributed by atoms with Crippen LogP contribution >= 0.6 is 15.9 Å². The first-order valence-corrected chi connectivity index (χ1v) is 4.38. The van der Waals surface area contributed by atoms with Crippen molar-refractivity contribution in [2.24, 2.45) is 0 Å². The average Bonchev–Trinajstić information content (AvgIpc) is 1.98. The van der Waals surface area contributed by atoms with E-state index >= 15 is 0 Å².